The van der Waals surface area contributed by atoms with Gasteiger partial charge < -0.3 is 14.8 Å². The third kappa shape index (κ3) is 6.87. The van der Waals surface area contributed by atoms with Gasteiger partial charge >= 0.3 is 5.97 Å². The van der Waals surface area contributed by atoms with Crippen LogP contribution in [0.1, 0.15) is 24.5 Å². The van der Waals surface area contributed by atoms with Crippen LogP contribution < -0.4 is 10.1 Å². The fourth-order valence-corrected chi connectivity index (χ4v) is 2.75. The number of Topliss-reactive ketones (excluding diaryl/α,β-unsaturated/α-hetero) is 1. The fourth-order valence-electron chi connectivity index (χ4n) is 2.75. The molecule has 0 unspecified atom stereocenters. The van der Waals surface area contributed by atoms with Crippen molar-refractivity contribution in [3.8, 4) is 5.75 Å². The zero-order valence-corrected chi connectivity index (χ0v) is 16.1. The first-order chi connectivity index (χ1) is 13.5. The second-order valence-corrected chi connectivity index (χ2v) is 6.39. The molecule has 0 radical (unpaired) electrons. The lowest BCUT2D eigenvalue weighted by atomic mass is 10.0. The van der Waals surface area contributed by atoms with Gasteiger partial charge in [0.05, 0.1) is 13.2 Å². The topological polar surface area (TPSA) is 81.7 Å². The molecular weight excluding hydrogens is 358 g/mol. The molecule has 1 amide bonds. The summed E-state index contributed by atoms with van der Waals surface area (Å²) in [6, 6.07) is 16.2. The summed E-state index contributed by atoms with van der Waals surface area (Å²) in [5.74, 6) is -0.428. The number of ketones is 1. The number of rotatable bonds is 10. The van der Waals surface area contributed by atoms with Crippen molar-refractivity contribution in [2.24, 2.45) is 0 Å². The van der Waals surface area contributed by atoms with Crippen LogP contribution in [0.5, 0.6) is 5.75 Å². The SMILES string of the molecule is COc1ccccc1CCC(=O)OCC(=O)N[C@H](Cc1ccccc1)C(C)=O. The van der Waals surface area contributed by atoms with Gasteiger partial charge in [-0.25, -0.2) is 0 Å². The Labute approximate surface area is 164 Å². The summed E-state index contributed by atoms with van der Waals surface area (Å²) in [6.45, 7) is 1.01. The van der Waals surface area contributed by atoms with E-state index < -0.39 is 24.5 Å². The highest BCUT2D eigenvalue weighted by Crippen LogP contribution is 2.18. The number of carbonyl (C=O) groups excluding carboxylic acids is 3. The quantitative estimate of drug-likeness (QED) is 0.638. The summed E-state index contributed by atoms with van der Waals surface area (Å²) in [4.78, 5) is 35.8. The molecule has 28 heavy (non-hydrogen) atoms. The van der Waals surface area contributed by atoms with Gasteiger partial charge in [0.25, 0.3) is 5.91 Å². The van der Waals surface area contributed by atoms with Gasteiger partial charge in [0, 0.05) is 6.42 Å². The van der Waals surface area contributed by atoms with Crippen molar-refractivity contribution >= 4 is 17.7 Å². The molecule has 0 aromatic heterocycles. The van der Waals surface area contributed by atoms with Crippen molar-refractivity contribution in [2.45, 2.75) is 32.2 Å². The van der Waals surface area contributed by atoms with Crippen molar-refractivity contribution in [3.05, 3.63) is 65.7 Å². The number of amides is 1. The molecule has 0 aliphatic heterocycles. The highest BCUT2D eigenvalue weighted by molar-refractivity contribution is 5.88. The number of aryl methyl sites for hydroxylation is 1. The molecule has 2 aromatic carbocycles. The molecule has 0 bridgehead atoms. The summed E-state index contributed by atoms with van der Waals surface area (Å²) in [7, 11) is 1.57. The van der Waals surface area contributed by atoms with Crippen LogP contribution in [-0.2, 0) is 32.0 Å². The maximum atomic E-state index is 12.1. The Bertz CT molecular complexity index is 804. The van der Waals surface area contributed by atoms with E-state index >= 15 is 0 Å². The second kappa shape index (κ2) is 10.9. The maximum Gasteiger partial charge on any atom is 0.306 e. The Morgan fingerprint density at radius 3 is 2.36 bits per heavy atom. The first-order valence-corrected chi connectivity index (χ1v) is 9.11. The van der Waals surface area contributed by atoms with Crippen molar-refractivity contribution in [1.29, 1.82) is 0 Å². The zero-order chi connectivity index (χ0) is 20.4. The van der Waals surface area contributed by atoms with E-state index in [1.165, 1.54) is 6.92 Å². The molecule has 0 aliphatic carbocycles. The Kier molecular flexibility index (Phi) is 8.21. The van der Waals surface area contributed by atoms with Crippen LogP contribution >= 0.6 is 0 Å². The van der Waals surface area contributed by atoms with Gasteiger partial charge in [-0.2, -0.15) is 0 Å². The maximum absolute atomic E-state index is 12.1. The van der Waals surface area contributed by atoms with Crippen LogP contribution in [0.4, 0.5) is 0 Å². The first kappa shape index (κ1) is 21.2. The number of carbonyl (C=O) groups is 3. The van der Waals surface area contributed by atoms with E-state index in [4.69, 9.17) is 9.47 Å². The summed E-state index contributed by atoms with van der Waals surface area (Å²) in [5.41, 5.74) is 1.84. The van der Waals surface area contributed by atoms with Crippen molar-refractivity contribution in [1.82, 2.24) is 5.32 Å². The summed E-state index contributed by atoms with van der Waals surface area (Å²) >= 11 is 0. The Balaban J connectivity index is 1.78. The molecule has 0 aliphatic rings. The van der Waals surface area contributed by atoms with Crippen molar-refractivity contribution in [3.63, 3.8) is 0 Å². The number of esters is 1. The molecule has 0 saturated heterocycles. The highest BCUT2D eigenvalue weighted by atomic mass is 16.5. The summed E-state index contributed by atoms with van der Waals surface area (Å²) in [6.07, 6.45) is 0.978. The number of hydrogen-bond donors (Lipinski definition) is 1. The van der Waals surface area contributed by atoms with Gasteiger partial charge in [0.2, 0.25) is 0 Å². The molecule has 6 nitrogen and oxygen atoms in total. The van der Waals surface area contributed by atoms with Gasteiger partial charge in [-0.3, -0.25) is 14.4 Å². The van der Waals surface area contributed by atoms with Crippen LogP contribution in [0.3, 0.4) is 0 Å². The monoisotopic (exact) mass is 383 g/mol. The van der Waals surface area contributed by atoms with Crippen LogP contribution in [-0.4, -0.2) is 37.4 Å². The van der Waals surface area contributed by atoms with E-state index in [-0.39, 0.29) is 12.2 Å². The highest BCUT2D eigenvalue weighted by Gasteiger charge is 2.18. The van der Waals surface area contributed by atoms with Crippen molar-refractivity contribution < 1.29 is 23.9 Å². The minimum Gasteiger partial charge on any atom is -0.496 e. The van der Waals surface area contributed by atoms with E-state index in [1.807, 2.05) is 54.6 Å². The van der Waals surface area contributed by atoms with Gasteiger partial charge in [-0.05, 0) is 37.0 Å². The largest absolute Gasteiger partial charge is 0.496 e. The minimum absolute atomic E-state index is 0.133. The smallest absolute Gasteiger partial charge is 0.306 e. The Hall–Kier alpha value is -3.15. The predicted molar refractivity (Wildman–Crippen MR) is 105 cm³/mol. The van der Waals surface area contributed by atoms with Gasteiger partial charge in [0.15, 0.2) is 12.4 Å². The predicted octanol–water partition coefficient (Wildman–Crippen LogP) is 2.49. The summed E-state index contributed by atoms with van der Waals surface area (Å²) < 4.78 is 10.3. The molecule has 0 heterocycles. The van der Waals surface area contributed by atoms with Gasteiger partial charge in [0.1, 0.15) is 5.75 Å². The van der Waals surface area contributed by atoms with Gasteiger partial charge in [-0.1, -0.05) is 48.5 Å². The van der Waals surface area contributed by atoms with E-state index in [0.29, 0.717) is 18.6 Å². The first-order valence-electron chi connectivity index (χ1n) is 9.11. The standard InChI is InChI=1S/C22H25NO5/c1-16(24)19(14-17-8-4-3-5-9-17)23-21(25)15-28-22(26)13-12-18-10-6-7-11-20(18)27-2/h3-11,19H,12-15H2,1-2H3,(H,23,25)/t19-/m1/s1. The minimum atomic E-state index is -0.651. The van der Waals surface area contributed by atoms with E-state index in [1.54, 1.807) is 7.11 Å². The molecule has 6 heteroatoms. The second-order valence-electron chi connectivity index (χ2n) is 6.39. The zero-order valence-electron chi connectivity index (χ0n) is 16.1. The average molecular weight is 383 g/mol. The molecule has 148 valence electrons. The number of methoxy groups -OCH3 is 1. The van der Waals surface area contributed by atoms with Crippen LogP contribution in [0, 0.1) is 0 Å². The van der Waals surface area contributed by atoms with E-state index in [0.717, 1.165) is 11.1 Å². The lowest BCUT2D eigenvalue weighted by Crippen LogP contribution is -2.43. The Morgan fingerprint density at radius 2 is 1.68 bits per heavy atom. The van der Waals surface area contributed by atoms with Gasteiger partial charge in [-0.15, -0.1) is 0 Å². The number of benzene rings is 2. The van der Waals surface area contributed by atoms with Crippen LogP contribution in [0.2, 0.25) is 0 Å². The molecule has 2 rings (SSSR count). The van der Waals surface area contributed by atoms with E-state index in [9.17, 15) is 14.4 Å². The Morgan fingerprint density at radius 1 is 1.00 bits per heavy atom. The molecule has 1 atom stereocenters. The molecule has 0 fully saturated rings. The summed E-state index contributed by atoms with van der Waals surface area (Å²) in [5, 5.41) is 2.63. The lowest BCUT2D eigenvalue weighted by molar-refractivity contribution is -0.148. The number of nitrogens with one attached hydrogen (secondary N) is 1. The van der Waals surface area contributed by atoms with Crippen LogP contribution in [0.15, 0.2) is 54.6 Å². The normalized spacial score (nSPS) is 11.4. The average Bonchev–Trinajstić information content (AvgIpc) is 2.71. The van der Waals surface area contributed by atoms with Crippen molar-refractivity contribution in [2.75, 3.05) is 13.7 Å². The van der Waals surface area contributed by atoms with Crippen LogP contribution in [0.25, 0.3) is 0 Å². The fraction of sp³-hybridized carbons (Fsp3) is 0.318. The third-order valence-corrected chi connectivity index (χ3v) is 4.26. The number of ether oxygens (including phenoxy) is 2. The lowest BCUT2D eigenvalue weighted by Gasteiger charge is -2.16. The number of hydrogen-bond acceptors (Lipinski definition) is 5. The van der Waals surface area contributed by atoms with E-state index in [2.05, 4.69) is 5.32 Å². The molecule has 1 N–H and O–H groups in total. The molecular formula is C22H25NO5. The molecule has 0 spiro atoms. The third-order valence-electron chi connectivity index (χ3n) is 4.26. The molecule has 0 saturated carbocycles. The number of para-hydroxylation sites is 1. The molecule has 2 aromatic rings.